The summed E-state index contributed by atoms with van der Waals surface area (Å²) < 4.78 is 0. The Morgan fingerprint density at radius 3 is 1.67 bits per heavy atom. The minimum Gasteiger partial charge on any atom is -0.252 e. The Morgan fingerprint density at radius 2 is 1.17 bits per heavy atom. The molecule has 0 radical (unpaired) electrons. The second-order valence-corrected chi connectivity index (χ2v) is 4.86. The van der Waals surface area contributed by atoms with Gasteiger partial charge in [-0.2, -0.15) is 0 Å². The summed E-state index contributed by atoms with van der Waals surface area (Å²) in [5.41, 5.74) is 7.11. The van der Waals surface area contributed by atoms with Crippen molar-refractivity contribution in [3.8, 4) is 22.5 Å². The predicted octanol–water partition coefficient (Wildman–Crippen LogP) is 3.89. The summed E-state index contributed by atoms with van der Waals surface area (Å²) in [6, 6.07) is 8.69. The van der Waals surface area contributed by atoms with Gasteiger partial charge in [-0.25, -0.2) is 0 Å². The molecule has 2 nitrogen and oxygen atoms in total. The van der Waals surface area contributed by atoms with Crippen molar-refractivity contribution in [3.63, 3.8) is 0 Å². The molecular formula is C16H12N2. The van der Waals surface area contributed by atoms with Crippen LogP contribution in [0.4, 0.5) is 0 Å². The summed E-state index contributed by atoms with van der Waals surface area (Å²) in [5, 5.41) is 2.67. The lowest BCUT2D eigenvalue weighted by Gasteiger charge is -2.08. The van der Waals surface area contributed by atoms with Gasteiger partial charge in [-0.1, -0.05) is 24.3 Å². The number of aryl methyl sites for hydroxylation is 2. The predicted molar refractivity (Wildman–Crippen MR) is 73.4 cm³/mol. The molecule has 0 spiro atoms. The molecule has 1 heterocycles. The molecule has 86 valence electrons. The van der Waals surface area contributed by atoms with Crippen LogP contribution in [0.3, 0.4) is 0 Å². The Hall–Kier alpha value is -2.22. The van der Waals surface area contributed by atoms with E-state index >= 15 is 0 Å². The second-order valence-electron chi connectivity index (χ2n) is 4.86. The molecule has 2 heteroatoms. The fraction of sp³-hybridized carbons (Fsp3) is 0.125. The Labute approximate surface area is 105 Å². The van der Waals surface area contributed by atoms with Crippen molar-refractivity contribution in [1.82, 2.24) is 9.97 Å². The van der Waals surface area contributed by atoms with Gasteiger partial charge in [0.2, 0.25) is 0 Å². The van der Waals surface area contributed by atoms with Crippen molar-refractivity contribution in [1.29, 1.82) is 0 Å². The molecule has 0 unspecified atom stereocenters. The largest absolute Gasteiger partial charge is 0.252 e. The van der Waals surface area contributed by atoms with Crippen LogP contribution in [0, 0.1) is 13.8 Å². The average molecular weight is 232 g/mol. The fourth-order valence-electron chi connectivity index (χ4n) is 3.00. The molecule has 1 aromatic heterocycles. The van der Waals surface area contributed by atoms with Gasteiger partial charge in [-0.3, -0.25) is 9.97 Å². The average Bonchev–Trinajstić information content (AvgIpc) is 2.71. The summed E-state index contributed by atoms with van der Waals surface area (Å²) in [6.45, 7) is 4.33. The first kappa shape index (κ1) is 9.77. The summed E-state index contributed by atoms with van der Waals surface area (Å²) in [5.74, 6) is 0. The summed E-state index contributed by atoms with van der Waals surface area (Å²) >= 11 is 0. The van der Waals surface area contributed by atoms with Gasteiger partial charge in [-0.15, -0.1) is 0 Å². The van der Waals surface area contributed by atoms with Crippen molar-refractivity contribution < 1.29 is 0 Å². The van der Waals surface area contributed by atoms with Crippen LogP contribution in [0.5, 0.6) is 0 Å². The van der Waals surface area contributed by atoms with Crippen LogP contribution in [0.15, 0.2) is 36.7 Å². The van der Waals surface area contributed by atoms with Crippen LogP contribution in [-0.4, -0.2) is 9.97 Å². The zero-order valence-corrected chi connectivity index (χ0v) is 10.4. The Kier molecular flexibility index (Phi) is 1.72. The Balaban J connectivity index is 2.31. The zero-order chi connectivity index (χ0) is 12.3. The van der Waals surface area contributed by atoms with Gasteiger partial charge in [0.05, 0.1) is 11.4 Å². The highest BCUT2D eigenvalue weighted by Crippen LogP contribution is 2.46. The summed E-state index contributed by atoms with van der Waals surface area (Å²) in [4.78, 5) is 8.99. The van der Waals surface area contributed by atoms with Gasteiger partial charge >= 0.3 is 0 Å². The van der Waals surface area contributed by atoms with Crippen molar-refractivity contribution in [3.05, 3.63) is 47.8 Å². The maximum atomic E-state index is 4.50. The minimum absolute atomic E-state index is 1.02. The van der Waals surface area contributed by atoms with Crippen LogP contribution in [0.1, 0.15) is 11.1 Å². The molecule has 0 atom stereocenters. The van der Waals surface area contributed by atoms with Crippen LogP contribution in [0.25, 0.3) is 33.3 Å². The number of hydrogen-bond donors (Lipinski definition) is 0. The number of benzene rings is 2. The molecule has 0 saturated heterocycles. The van der Waals surface area contributed by atoms with Crippen LogP contribution in [0.2, 0.25) is 0 Å². The third kappa shape index (κ3) is 1.03. The monoisotopic (exact) mass is 232 g/mol. The van der Waals surface area contributed by atoms with E-state index in [0.717, 1.165) is 11.4 Å². The molecule has 4 rings (SSSR count). The number of aromatic nitrogens is 2. The number of rotatable bonds is 0. The van der Waals surface area contributed by atoms with Gasteiger partial charge < -0.3 is 0 Å². The van der Waals surface area contributed by atoms with E-state index in [2.05, 4.69) is 48.1 Å². The summed E-state index contributed by atoms with van der Waals surface area (Å²) in [6.07, 6.45) is 3.53. The van der Waals surface area contributed by atoms with Crippen LogP contribution in [-0.2, 0) is 0 Å². The van der Waals surface area contributed by atoms with E-state index in [1.165, 1.54) is 33.0 Å². The highest BCUT2D eigenvalue weighted by atomic mass is 14.8. The maximum absolute atomic E-state index is 4.50. The van der Waals surface area contributed by atoms with E-state index in [9.17, 15) is 0 Å². The third-order valence-corrected chi connectivity index (χ3v) is 3.79. The van der Waals surface area contributed by atoms with Gasteiger partial charge in [0.25, 0.3) is 0 Å². The zero-order valence-electron chi connectivity index (χ0n) is 10.4. The van der Waals surface area contributed by atoms with E-state index in [1.54, 1.807) is 12.4 Å². The first-order valence-electron chi connectivity index (χ1n) is 6.12. The van der Waals surface area contributed by atoms with Crippen LogP contribution < -0.4 is 0 Å². The molecule has 1 aliphatic rings. The number of fused-ring (bicyclic) bond motifs is 3. The normalized spacial score (nSPS) is 11.9. The lowest BCUT2D eigenvalue weighted by Crippen LogP contribution is -1.84. The van der Waals surface area contributed by atoms with Gasteiger partial charge in [0.1, 0.15) is 0 Å². The topological polar surface area (TPSA) is 25.8 Å². The van der Waals surface area contributed by atoms with Gasteiger partial charge in [-0.05, 0) is 30.4 Å². The molecule has 0 N–H and O–H groups in total. The lowest BCUT2D eigenvalue weighted by atomic mass is 9.96. The SMILES string of the molecule is Cc1ccc2c3c(ccc(C)c13)-c1nccnc1-2. The summed E-state index contributed by atoms with van der Waals surface area (Å²) in [7, 11) is 0. The molecule has 0 bridgehead atoms. The number of hydrogen-bond acceptors (Lipinski definition) is 2. The smallest absolute Gasteiger partial charge is 0.0971 e. The van der Waals surface area contributed by atoms with E-state index in [-0.39, 0.29) is 0 Å². The van der Waals surface area contributed by atoms with Gasteiger partial charge in [0.15, 0.2) is 0 Å². The van der Waals surface area contributed by atoms with Crippen molar-refractivity contribution in [2.45, 2.75) is 13.8 Å². The van der Waals surface area contributed by atoms with Crippen molar-refractivity contribution >= 4 is 10.8 Å². The molecule has 18 heavy (non-hydrogen) atoms. The molecule has 0 amide bonds. The maximum Gasteiger partial charge on any atom is 0.0971 e. The molecule has 0 saturated carbocycles. The van der Waals surface area contributed by atoms with Gasteiger partial charge in [0, 0.05) is 28.9 Å². The highest BCUT2D eigenvalue weighted by Gasteiger charge is 2.24. The first-order chi connectivity index (χ1) is 8.77. The highest BCUT2D eigenvalue weighted by molar-refractivity contribution is 6.15. The van der Waals surface area contributed by atoms with E-state index in [1.807, 2.05) is 0 Å². The van der Waals surface area contributed by atoms with Crippen LogP contribution >= 0.6 is 0 Å². The van der Waals surface area contributed by atoms with E-state index < -0.39 is 0 Å². The quantitative estimate of drug-likeness (QED) is 0.459. The molecule has 2 aromatic carbocycles. The molecule has 3 aromatic rings. The molecule has 0 fully saturated rings. The van der Waals surface area contributed by atoms with Crippen molar-refractivity contribution in [2.75, 3.05) is 0 Å². The molecule has 0 aliphatic heterocycles. The molecular weight excluding hydrogens is 220 g/mol. The Morgan fingerprint density at radius 1 is 0.667 bits per heavy atom. The fourth-order valence-corrected chi connectivity index (χ4v) is 3.00. The standard InChI is InChI=1S/C16H12N2/c1-9-3-5-11-14-12(6-4-10(2)13(9)14)16-15(11)17-7-8-18-16/h3-8H,1-2H3. The van der Waals surface area contributed by atoms with E-state index in [0.29, 0.717) is 0 Å². The molecule has 1 aliphatic carbocycles. The Bertz CT molecular complexity index is 740. The third-order valence-electron chi connectivity index (χ3n) is 3.79. The first-order valence-corrected chi connectivity index (χ1v) is 6.12. The van der Waals surface area contributed by atoms with Crippen molar-refractivity contribution in [2.24, 2.45) is 0 Å². The number of nitrogens with zero attached hydrogens (tertiary/aromatic N) is 2. The van der Waals surface area contributed by atoms with E-state index in [4.69, 9.17) is 0 Å². The minimum atomic E-state index is 1.02. The lowest BCUT2D eigenvalue weighted by molar-refractivity contribution is 1.23. The second kappa shape index (κ2) is 3.16.